The second-order valence-electron chi connectivity index (χ2n) is 6.33. The number of carbonyl (C=O) groups excluding carboxylic acids is 1. The maximum atomic E-state index is 12.5. The van der Waals surface area contributed by atoms with E-state index in [0.29, 0.717) is 30.2 Å². The van der Waals surface area contributed by atoms with E-state index in [1.807, 2.05) is 41.2 Å². The molecule has 1 amide bonds. The Labute approximate surface area is 161 Å². The first kappa shape index (κ1) is 17.9. The summed E-state index contributed by atoms with van der Waals surface area (Å²) in [5.74, 6) is -0.236. The van der Waals surface area contributed by atoms with Gasteiger partial charge < -0.3 is 4.57 Å². The Morgan fingerprint density at radius 1 is 1.19 bits per heavy atom. The van der Waals surface area contributed by atoms with E-state index in [0.717, 1.165) is 16.3 Å². The van der Waals surface area contributed by atoms with Crippen LogP contribution in [-0.2, 0) is 23.0 Å². The molecule has 0 atom stereocenters. The molecule has 1 aromatic carbocycles. The lowest BCUT2D eigenvalue weighted by atomic mass is 10.2. The van der Waals surface area contributed by atoms with Crippen molar-refractivity contribution in [2.45, 2.75) is 13.0 Å². The van der Waals surface area contributed by atoms with Crippen LogP contribution in [-0.4, -0.2) is 41.0 Å². The van der Waals surface area contributed by atoms with Gasteiger partial charge in [-0.2, -0.15) is 4.31 Å². The largest absolute Gasteiger partial charge is 0.324 e. The minimum atomic E-state index is -3.23. The summed E-state index contributed by atoms with van der Waals surface area (Å²) in [6, 6.07) is 11.2. The van der Waals surface area contributed by atoms with Crippen LogP contribution in [0.2, 0.25) is 0 Å². The molecule has 0 radical (unpaired) electrons. The number of thiazole rings is 1. The molecular weight excluding hydrogens is 384 g/mol. The maximum absolute atomic E-state index is 12.5. The Kier molecular flexibility index (Phi) is 4.58. The van der Waals surface area contributed by atoms with Crippen molar-refractivity contribution in [2.24, 2.45) is 0 Å². The highest BCUT2D eigenvalue weighted by molar-refractivity contribution is 7.88. The number of benzene rings is 1. The fraction of sp³-hybridized carbons (Fsp3) is 0.222. The number of nitrogens with one attached hydrogen (secondary N) is 1. The number of nitrogens with zero attached hydrogens (tertiary/aromatic N) is 3. The highest BCUT2D eigenvalue weighted by Crippen LogP contribution is 2.29. The number of aromatic nitrogens is 2. The van der Waals surface area contributed by atoms with E-state index in [1.54, 1.807) is 12.1 Å². The number of rotatable bonds is 4. The van der Waals surface area contributed by atoms with Gasteiger partial charge in [-0.15, -0.1) is 11.3 Å². The summed E-state index contributed by atoms with van der Waals surface area (Å²) in [6.07, 6.45) is 5.64. The Morgan fingerprint density at radius 2 is 1.89 bits per heavy atom. The smallest absolute Gasteiger partial charge is 0.257 e. The Balaban J connectivity index is 1.47. The predicted molar refractivity (Wildman–Crippen MR) is 105 cm³/mol. The molecule has 1 aliphatic heterocycles. The van der Waals surface area contributed by atoms with Crippen molar-refractivity contribution in [1.29, 1.82) is 0 Å². The molecule has 1 N–H and O–H groups in total. The summed E-state index contributed by atoms with van der Waals surface area (Å²) in [5, 5.41) is 3.31. The van der Waals surface area contributed by atoms with E-state index < -0.39 is 10.0 Å². The van der Waals surface area contributed by atoms with Gasteiger partial charge in [0, 0.05) is 48.0 Å². The van der Waals surface area contributed by atoms with Crippen LogP contribution in [0.25, 0.3) is 5.69 Å². The standard InChI is InChI=1S/C18H18N4O3S2/c1-27(24,25)22-11-8-15-16(12-22)26-18(19-15)20-17(23)13-4-6-14(7-5-13)21-9-2-3-10-21/h2-7,9-10H,8,11-12H2,1H3,(H,19,20,23). The maximum Gasteiger partial charge on any atom is 0.257 e. The molecule has 4 rings (SSSR count). The number of anilines is 1. The quantitative estimate of drug-likeness (QED) is 0.727. The topological polar surface area (TPSA) is 84.3 Å². The Bertz CT molecular complexity index is 1070. The first-order valence-corrected chi connectivity index (χ1v) is 11.0. The summed E-state index contributed by atoms with van der Waals surface area (Å²) in [7, 11) is -3.23. The van der Waals surface area contributed by atoms with Crippen LogP contribution in [0.3, 0.4) is 0 Å². The van der Waals surface area contributed by atoms with Crippen LogP contribution < -0.4 is 5.32 Å². The second kappa shape index (κ2) is 6.91. The van der Waals surface area contributed by atoms with E-state index in [-0.39, 0.29) is 5.91 Å². The van der Waals surface area contributed by atoms with Crippen LogP contribution >= 0.6 is 11.3 Å². The van der Waals surface area contributed by atoms with Crippen molar-refractivity contribution in [2.75, 3.05) is 18.1 Å². The minimum Gasteiger partial charge on any atom is -0.324 e. The van der Waals surface area contributed by atoms with Gasteiger partial charge in [-0.25, -0.2) is 13.4 Å². The average Bonchev–Trinajstić information content (AvgIpc) is 3.29. The zero-order valence-corrected chi connectivity index (χ0v) is 16.3. The number of fused-ring (bicyclic) bond motifs is 1. The number of hydrogen-bond donors (Lipinski definition) is 1. The second-order valence-corrected chi connectivity index (χ2v) is 9.39. The molecule has 0 saturated heterocycles. The van der Waals surface area contributed by atoms with Gasteiger partial charge in [0.1, 0.15) is 0 Å². The molecule has 0 saturated carbocycles. The first-order valence-electron chi connectivity index (χ1n) is 8.38. The average molecular weight is 403 g/mol. The van der Waals surface area contributed by atoms with Gasteiger partial charge in [0.25, 0.3) is 5.91 Å². The first-order chi connectivity index (χ1) is 12.9. The highest BCUT2D eigenvalue weighted by Gasteiger charge is 2.26. The molecule has 0 bridgehead atoms. The van der Waals surface area contributed by atoms with E-state index >= 15 is 0 Å². The van der Waals surface area contributed by atoms with E-state index in [4.69, 9.17) is 0 Å². The van der Waals surface area contributed by atoms with E-state index in [9.17, 15) is 13.2 Å². The molecule has 0 spiro atoms. The van der Waals surface area contributed by atoms with Gasteiger partial charge in [0.15, 0.2) is 5.13 Å². The van der Waals surface area contributed by atoms with Crippen molar-refractivity contribution < 1.29 is 13.2 Å². The minimum absolute atomic E-state index is 0.236. The number of carbonyl (C=O) groups is 1. The Hall–Kier alpha value is -2.49. The molecular formula is C18H18N4O3S2. The van der Waals surface area contributed by atoms with E-state index in [1.165, 1.54) is 21.9 Å². The van der Waals surface area contributed by atoms with Crippen molar-refractivity contribution >= 4 is 32.4 Å². The van der Waals surface area contributed by atoms with Crippen molar-refractivity contribution in [3.63, 3.8) is 0 Å². The molecule has 7 nitrogen and oxygen atoms in total. The zero-order chi connectivity index (χ0) is 19.0. The van der Waals surface area contributed by atoms with Gasteiger partial charge >= 0.3 is 0 Å². The van der Waals surface area contributed by atoms with Crippen molar-refractivity contribution in [3.05, 3.63) is 64.9 Å². The SMILES string of the molecule is CS(=O)(=O)N1CCc2nc(NC(=O)c3ccc(-n4cccc4)cc3)sc2C1. The lowest BCUT2D eigenvalue weighted by molar-refractivity contribution is 0.102. The monoisotopic (exact) mass is 402 g/mol. The fourth-order valence-electron chi connectivity index (χ4n) is 2.97. The molecule has 2 aromatic heterocycles. The lowest BCUT2D eigenvalue weighted by Crippen LogP contribution is -2.34. The molecule has 0 aliphatic carbocycles. The van der Waals surface area contributed by atoms with Gasteiger partial charge in [0.2, 0.25) is 10.0 Å². The molecule has 0 fully saturated rings. The normalized spacial score (nSPS) is 14.7. The Morgan fingerprint density at radius 3 is 2.56 bits per heavy atom. The summed E-state index contributed by atoms with van der Waals surface area (Å²) in [4.78, 5) is 17.8. The molecule has 3 aromatic rings. The summed E-state index contributed by atoms with van der Waals surface area (Å²) >= 11 is 1.33. The number of hydrogen-bond acceptors (Lipinski definition) is 5. The van der Waals surface area contributed by atoms with Crippen molar-refractivity contribution in [3.8, 4) is 5.69 Å². The lowest BCUT2D eigenvalue weighted by Gasteiger charge is -2.23. The number of amides is 1. The third-order valence-corrected chi connectivity index (χ3v) is 6.67. The summed E-state index contributed by atoms with van der Waals surface area (Å²) < 4.78 is 26.8. The predicted octanol–water partition coefficient (Wildman–Crippen LogP) is 2.50. The number of sulfonamides is 1. The fourth-order valence-corrected chi connectivity index (χ4v) is 4.86. The molecule has 1 aliphatic rings. The zero-order valence-electron chi connectivity index (χ0n) is 14.6. The summed E-state index contributed by atoms with van der Waals surface area (Å²) in [5.41, 5.74) is 2.37. The van der Waals surface area contributed by atoms with Crippen LogP contribution in [0.4, 0.5) is 5.13 Å². The van der Waals surface area contributed by atoms with Gasteiger partial charge in [0.05, 0.1) is 11.9 Å². The summed E-state index contributed by atoms with van der Waals surface area (Å²) in [6.45, 7) is 0.733. The van der Waals surface area contributed by atoms with E-state index in [2.05, 4.69) is 10.3 Å². The highest BCUT2D eigenvalue weighted by atomic mass is 32.2. The van der Waals surface area contributed by atoms with Gasteiger partial charge in [-0.05, 0) is 36.4 Å². The molecule has 0 unspecified atom stereocenters. The van der Waals surface area contributed by atoms with Crippen molar-refractivity contribution in [1.82, 2.24) is 13.9 Å². The van der Waals surface area contributed by atoms with Crippen LogP contribution in [0, 0.1) is 0 Å². The molecule has 27 heavy (non-hydrogen) atoms. The van der Waals surface area contributed by atoms with Crippen LogP contribution in [0.15, 0.2) is 48.8 Å². The molecule has 9 heteroatoms. The van der Waals surface area contributed by atoms with Gasteiger partial charge in [-0.3, -0.25) is 10.1 Å². The third kappa shape index (κ3) is 3.80. The van der Waals surface area contributed by atoms with Crippen LogP contribution in [0.1, 0.15) is 20.9 Å². The van der Waals surface area contributed by atoms with Gasteiger partial charge in [-0.1, -0.05) is 0 Å². The van der Waals surface area contributed by atoms with Crippen LogP contribution in [0.5, 0.6) is 0 Å². The molecule has 3 heterocycles. The third-order valence-electron chi connectivity index (χ3n) is 4.42. The molecule has 140 valence electrons.